The Hall–Kier alpha value is -0.690. The first-order valence-corrected chi connectivity index (χ1v) is 5.29. The minimum atomic E-state index is 0.0610. The molecule has 0 heterocycles. The van der Waals surface area contributed by atoms with E-state index >= 15 is 0 Å². The molecule has 0 N–H and O–H groups in total. The van der Waals surface area contributed by atoms with Gasteiger partial charge in [-0.1, -0.05) is 6.92 Å². The molecule has 1 amide bonds. The Bertz CT molecular complexity index is 176. The molecule has 4 heteroatoms. The number of hydrogen-bond acceptors (Lipinski definition) is 3. The van der Waals surface area contributed by atoms with Crippen molar-refractivity contribution < 1.29 is 4.79 Å². The van der Waals surface area contributed by atoms with Crippen LogP contribution in [0.3, 0.4) is 0 Å². The van der Waals surface area contributed by atoms with Gasteiger partial charge in [0.15, 0.2) is 0 Å². The molecule has 0 unspecified atom stereocenters. The first kappa shape index (κ1) is 11.3. The van der Waals surface area contributed by atoms with Crippen LogP contribution in [0.5, 0.6) is 0 Å². The Balaban J connectivity index is 3.92. The summed E-state index contributed by atoms with van der Waals surface area (Å²) >= 11 is 1.49. The molecule has 0 rings (SSSR count). The fourth-order valence-electron chi connectivity index (χ4n) is 0.862. The highest BCUT2D eigenvalue weighted by Crippen LogP contribution is 1.98. The van der Waals surface area contributed by atoms with Crippen LogP contribution in [0.25, 0.3) is 0 Å². The highest BCUT2D eigenvalue weighted by atomic mass is 32.2. The number of nitriles is 1. The van der Waals surface area contributed by atoms with E-state index in [-0.39, 0.29) is 12.5 Å². The molecule has 0 saturated carbocycles. The second kappa shape index (κ2) is 6.99. The lowest BCUT2D eigenvalue weighted by Gasteiger charge is -2.17. The molecule has 0 saturated heterocycles. The van der Waals surface area contributed by atoms with E-state index in [1.54, 1.807) is 4.90 Å². The minimum absolute atomic E-state index is 0.0610. The minimum Gasteiger partial charge on any atom is -0.329 e. The van der Waals surface area contributed by atoms with E-state index in [0.717, 1.165) is 6.42 Å². The van der Waals surface area contributed by atoms with E-state index in [2.05, 4.69) is 0 Å². The van der Waals surface area contributed by atoms with Gasteiger partial charge >= 0.3 is 0 Å². The molecule has 0 aliphatic carbocycles. The monoisotopic (exact) mass is 186 g/mol. The third-order valence-corrected chi connectivity index (χ3v) is 1.91. The SMILES string of the molecule is CCCN(CC#N)C(=O)CSC. The van der Waals surface area contributed by atoms with Gasteiger partial charge in [0.1, 0.15) is 6.54 Å². The first-order valence-electron chi connectivity index (χ1n) is 3.89. The van der Waals surface area contributed by atoms with Crippen LogP contribution in [0.15, 0.2) is 0 Å². The summed E-state index contributed by atoms with van der Waals surface area (Å²) in [6, 6.07) is 1.99. The van der Waals surface area contributed by atoms with E-state index < -0.39 is 0 Å². The molecule has 0 aliphatic heterocycles. The molecule has 0 atom stereocenters. The van der Waals surface area contributed by atoms with Crippen molar-refractivity contribution >= 4 is 17.7 Å². The summed E-state index contributed by atoms with van der Waals surface area (Å²) in [4.78, 5) is 12.9. The second-order valence-corrected chi connectivity index (χ2v) is 3.27. The van der Waals surface area contributed by atoms with Crippen molar-refractivity contribution in [1.29, 1.82) is 5.26 Å². The molecule has 0 aromatic rings. The Labute approximate surface area is 77.7 Å². The van der Waals surface area contributed by atoms with Gasteiger partial charge < -0.3 is 4.90 Å². The Morgan fingerprint density at radius 1 is 1.67 bits per heavy atom. The zero-order chi connectivity index (χ0) is 9.40. The summed E-state index contributed by atoms with van der Waals surface area (Å²) in [5, 5.41) is 8.43. The maximum absolute atomic E-state index is 11.3. The maximum atomic E-state index is 11.3. The number of carbonyl (C=O) groups is 1. The van der Waals surface area contributed by atoms with Crippen molar-refractivity contribution in [2.24, 2.45) is 0 Å². The van der Waals surface area contributed by atoms with Gasteiger partial charge in [0.25, 0.3) is 0 Å². The van der Waals surface area contributed by atoms with Crippen LogP contribution in [-0.4, -0.2) is 35.9 Å². The molecule has 0 bridgehead atoms. The molecule has 0 radical (unpaired) electrons. The summed E-state index contributed by atoms with van der Waals surface area (Å²) in [5.41, 5.74) is 0. The molecule has 0 aromatic heterocycles. The first-order chi connectivity index (χ1) is 5.76. The summed E-state index contributed by atoms with van der Waals surface area (Å²) in [5.74, 6) is 0.535. The smallest absolute Gasteiger partial charge is 0.233 e. The third kappa shape index (κ3) is 4.24. The van der Waals surface area contributed by atoms with Crippen LogP contribution >= 0.6 is 11.8 Å². The summed E-state index contributed by atoms with van der Waals surface area (Å²) in [7, 11) is 0. The van der Waals surface area contributed by atoms with Gasteiger partial charge in [0, 0.05) is 6.54 Å². The number of nitrogens with zero attached hydrogens (tertiary/aromatic N) is 2. The van der Waals surface area contributed by atoms with Crippen molar-refractivity contribution in [3.05, 3.63) is 0 Å². The highest BCUT2D eigenvalue weighted by Gasteiger charge is 2.10. The van der Waals surface area contributed by atoms with E-state index in [9.17, 15) is 4.79 Å². The number of amides is 1. The summed E-state index contributed by atoms with van der Waals surface area (Å²) in [6.45, 7) is 2.90. The van der Waals surface area contributed by atoms with Crippen LogP contribution < -0.4 is 0 Å². The van der Waals surface area contributed by atoms with Crippen molar-refractivity contribution in [2.75, 3.05) is 25.1 Å². The molecule has 0 fully saturated rings. The van der Waals surface area contributed by atoms with Crippen LogP contribution in [0.2, 0.25) is 0 Å². The molecule has 0 aromatic carbocycles. The molecule has 68 valence electrons. The number of carbonyl (C=O) groups excluding carboxylic acids is 1. The molecule has 3 nitrogen and oxygen atoms in total. The van der Waals surface area contributed by atoms with Gasteiger partial charge in [-0.3, -0.25) is 4.79 Å². The average molecular weight is 186 g/mol. The van der Waals surface area contributed by atoms with Gasteiger partial charge in [0.05, 0.1) is 11.8 Å². The molecular formula is C8H14N2OS. The number of rotatable bonds is 5. The van der Waals surface area contributed by atoms with E-state index in [1.807, 2.05) is 19.2 Å². The largest absolute Gasteiger partial charge is 0.329 e. The fourth-order valence-corrected chi connectivity index (χ4v) is 1.29. The van der Waals surface area contributed by atoms with Gasteiger partial charge in [-0.2, -0.15) is 17.0 Å². The molecule has 0 aliphatic rings. The second-order valence-electron chi connectivity index (χ2n) is 2.41. The number of thioether (sulfide) groups is 1. The van der Waals surface area contributed by atoms with E-state index in [1.165, 1.54) is 11.8 Å². The van der Waals surface area contributed by atoms with Crippen LogP contribution in [0, 0.1) is 11.3 Å². The molecule has 12 heavy (non-hydrogen) atoms. The highest BCUT2D eigenvalue weighted by molar-refractivity contribution is 7.99. The van der Waals surface area contributed by atoms with Crippen LogP contribution in [-0.2, 0) is 4.79 Å². The predicted molar refractivity (Wildman–Crippen MR) is 50.9 cm³/mol. The fraction of sp³-hybridized carbons (Fsp3) is 0.750. The lowest BCUT2D eigenvalue weighted by atomic mass is 10.4. The summed E-state index contributed by atoms with van der Waals surface area (Å²) < 4.78 is 0. The summed E-state index contributed by atoms with van der Waals surface area (Å²) in [6.07, 6.45) is 2.79. The topological polar surface area (TPSA) is 44.1 Å². The third-order valence-electron chi connectivity index (χ3n) is 1.38. The van der Waals surface area contributed by atoms with Crippen molar-refractivity contribution in [2.45, 2.75) is 13.3 Å². The van der Waals surface area contributed by atoms with Gasteiger partial charge in [-0.25, -0.2) is 0 Å². The standard InChI is InChI=1S/C8H14N2OS/c1-3-5-10(6-4-9)8(11)7-12-2/h3,5-7H2,1-2H3. The van der Waals surface area contributed by atoms with Gasteiger partial charge in [-0.05, 0) is 12.7 Å². The zero-order valence-electron chi connectivity index (χ0n) is 7.54. The van der Waals surface area contributed by atoms with Crippen LogP contribution in [0.1, 0.15) is 13.3 Å². The van der Waals surface area contributed by atoms with Gasteiger partial charge in [0.2, 0.25) is 5.91 Å². The van der Waals surface area contributed by atoms with E-state index in [4.69, 9.17) is 5.26 Å². The average Bonchev–Trinajstić information content (AvgIpc) is 2.04. The molecular weight excluding hydrogens is 172 g/mol. The lowest BCUT2D eigenvalue weighted by Crippen LogP contribution is -2.33. The normalized spacial score (nSPS) is 9.08. The van der Waals surface area contributed by atoms with Crippen molar-refractivity contribution in [3.8, 4) is 6.07 Å². The van der Waals surface area contributed by atoms with Crippen molar-refractivity contribution in [3.63, 3.8) is 0 Å². The lowest BCUT2D eigenvalue weighted by molar-refractivity contribution is -0.127. The van der Waals surface area contributed by atoms with Gasteiger partial charge in [-0.15, -0.1) is 0 Å². The Morgan fingerprint density at radius 2 is 2.33 bits per heavy atom. The van der Waals surface area contributed by atoms with E-state index in [0.29, 0.717) is 12.3 Å². The molecule has 0 spiro atoms. The van der Waals surface area contributed by atoms with Crippen LogP contribution in [0.4, 0.5) is 0 Å². The Kier molecular flexibility index (Phi) is 6.58. The Morgan fingerprint density at radius 3 is 2.75 bits per heavy atom. The maximum Gasteiger partial charge on any atom is 0.233 e. The number of hydrogen-bond donors (Lipinski definition) is 0. The van der Waals surface area contributed by atoms with Crippen molar-refractivity contribution in [1.82, 2.24) is 4.90 Å². The quantitative estimate of drug-likeness (QED) is 0.604. The predicted octanol–water partition coefficient (Wildman–Crippen LogP) is 1.11. The zero-order valence-corrected chi connectivity index (χ0v) is 8.36.